The summed E-state index contributed by atoms with van der Waals surface area (Å²) in [6.07, 6.45) is 0. The third-order valence-electron chi connectivity index (χ3n) is 3.91. The molecule has 0 spiro atoms. The van der Waals surface area contributed by atoms with Crippen molar-refractivity contribution in [1.29, 1.82) is 0 Å². The number of piperazine rings is 1. The van der Waals surface area contributed by atoms with Gasteiger partial charge in [0, 0.05) is 37.8 Å². The fourth-order valence-electron chi connectivity index (χ4n) is 2.66. The van der Waals surface area contributed by atoms with Crippen molar-refractivity contribution in [2.75, 3.05) is 31.1 Å². The van der Waals surface area contributed by atoms with Gasteiger partial charge in [0.05, 0.1) is 5.69 Å². The molecule has 0 aromatic heterocycles. The van der Waals surface area contributed by atoms with Crippen molar-refractivity contribution in [2.45, 2.75) is 0 Å². The fraction of sp³-hybridized carbons (Fsp3) is 0.235. The van der Waals surface area contributed by atoms with Crippen molar-refractivity contribution in [3.8, 4) is 0 Å². The van der Waals surface area contributed by atoms with Gasteiger partial charge in [-0.05, 0) is 36.4 Å². The Morgan fingerprint density at radius 1 is 0.826 bits per heavy atom. The minimum Gasteiger partial charge on any atom is -0.366 e. The molecule has 3 rings (SSSR count). The third kappa shape index (κ3) is 3.31. The highest BCUT2D eigenvalue weighted by Crippen LogP contribution is 2.22. The van der Waals surface area contributed by atoms with Gasteiger partial charge in [0.2, 0.25) is 0 Å². The van der Waals surface area contributed by atoms with Crippen molar-refractivity contribution in [1.82, 2.24) is 4.90 Å². The van der Waals surface area contributed by atoms with Crippen LogP contribution in [0.25, 0.3) is 0 Å². The van der Waals surface area contributed by atoms with Crippen molar-refractivity contribution >= 4 is 11.6 Å². The molecule has 0 atom stereocenters. The Hall–Kier alpha value is -2.50. The van der Waals surface area contributed by atoms with Crippen LogP contribution in [0.3, 0.4) is 0 Å². The lowest BCUT2D eigenvalue weighted by Crippen LogP contribution is -2.49. The number of carbonyl (C=O) groups is 1. The summed E-state index contributed by atoms with van der Waals surface area (Å²) >= 11 is 0. The van der Waals surface area contributed by atoms with Crippen molar-refractivity contribution in [3.63, 3.8) is 0 Å². The van der Waals surface area contributed by atoms with Crippen LogP contribution in [0.15, 0.2) is 42.5 Å². The minimum atomic E-state index is -0.614. The first kappa shape index (κ1) is 15.4. The second kappa shape index (κ2) is 6.32. The third-order valence-corrected chi connectivity index (χ3v) is 3.91. The van der Waals surface area contributed by atoms with Crippen LogP contribution in [0.4, 0.5) is 18.9 Å². The lowest BCUT2D eigenvalue weighted by atomic mass is 10.1. The summed E-state index contributed by atoms with van der Waals surface area (Å²) < 4.78 is 39.7. The average molecular weight is 320 g/mol. The molecule has 120 valence electrons. The van der Waals surface area contributed by atoms with Gasteiger partial charge in [-0.15, -0.1) is 0 Å². The Balaban J connectivity index is 1.66. The number of amides is 1. The molecule has 2 aromatic rings. The number of hydrogen-bond acceptors (Lipinski definition) is 2. The Bertz CT molecular complexity index is 710. The molecule has 1 saturated heterocycles. The molecule has 1 fully saturated rings. The number of rotatable bonds is 2. The molecule has 23 heavy (non-hydrogen) atoms. The lowest BCUT2D eigenvalue weighted by Gasteiger charge is -2.36. The van der Waals surface area contributed by atoms with E-state index in [0.29, 0.717) is 37.4 Å². The number of hydrogen-bond donors (Lipinski definition) is 0. The monoisotopic (exact) mass is 320 g/mol. The molecule has 2 aromatic carbocycles. The standard InChI is InChI=1S/C17H15F3N2O/c18-13-3-1-12(2-4-13)17(23)22-9-7-21(8-10-22)16-6-5-14(19)11-15(16)20/h1-6,11H,7-10H2. The van der Waals surface area contributed by atoms with Crippen LogP contribution in [0.1, 0.15) is 10.4 Å². The quantitative estimate of drug-likeness (QED) is 0.849. The van der Waals surface area contributed by atoms with E-state index in [0.717, 1.165) is 6.07 Å². The molecular weight excluding hydrogens is 305 g/mol. The maximum atomic E-state index is 13.8. The number of nitrogens with zero attached hydrogens (tertiary/aromatic N) is 2. The Morgan fingerprint density at radius 2 is 1.43 bits per heavy atom. The summed E-state index contributed by atoms with van der Waals surface area (Å²) in [6, 6.07) is 8.87. The first-order valence-corrected chi connectivity index (χ1v) is 7.29. The highest BCUT2D eigenvalue weighted by atomic mass is 19.1. The second-order valence-electron chi connectivity index (χ2n) is 5.38. The topological polar surface area (TPSA) is 23.6 Å². The van der Waals surface area contributed by atoms with E-state index in [4.69, 9.17) is 0 Å². The van der Waals surface area contributed by atoms with Crippen LogP contribution in [0.2, 0.25) is 0 Å². The lowest BCUT2D eigenvalue weighted by molar-refractivity contribution is 0.0746. The smallest absolute Gasteiger partial charge is 0.253 e. The van der Waals surface area contributed by atoms with Gasteiger partial charge < -0.3 is 9.80 Å². The van der Waals surface area contributed by atoms with Gasteiger partial charge in [-0.2, -0.15) is 0 Å². The Morgan fingerprint density at radius 3 is 2.04 bits per heavy atom. The summed E-state index contributed by atoms with van der Waals surface area (Å²) in [5.41, 5.74) is 0.757. The molecule has 6 heteroatoms. The van der Waals surface area contributed by atoms with E-state index in [1.807, 2.05) is 0 Å². The van der Waals surface area contributed by atoms with Gasteiger partial charge in [0.15, 0.2) is 0 Å². The van der Waals surface area contributed by atoms with E-state index in [2.05, 4.69) is 0 Å². The van der Waals surface area contributed by atoms with Gasteiger partial charge in [-0.3, -0.25) is 4.79 Å². The molecule has 0 N–H and O–H groups in total. The molecular formula is C17H15F3N2O. The zero-order chi connectivity index (χ0) is 16.4. The molecule has 1 heterocycles. The molecule has 0 radical (unpaired) electrons. The summed E-state index contributed by atoms with van der Waals surface area (Å²) in [6.45, 7) is 1.75. The largest absolute Gasteiger partial charge is 0.366 e. The zero-order valence-electron chi connectivity index (χ0n) is 12.3. The molecule has 1 amide bonds. The van der Waals surface area contributed by atoms with Crippen molar-refractivity contribution in [3.05, 3.63) is 65.5 Å². The number of anilines is 1. The van der Waals surface area contributed by atoms with Crippen LogP contribution >= 0.6 is 0 Å². The first-order chi connectivity index (χ1) is 11.0. The van der Waals surface area contributed by atoms with Crippen molar-refractivity contribution in [2.24, 2.45) is 0 Å². The second-order valence-corrected chi connectivity index (χ2v) is 5.38. The highest BCUT2D eigenvalue weighted by molar-refractivity contribution is 5.94. The van der Waals surface area contributed by atoms with E-state index < -0.39 is 17.5 Å². The maximum Gasteiger partial charge on any atom is 0.253 e. The van der Waals surface area contributed by atoms with Gasteiger partial charge in [-0.1, -0.05) is 0 Å². The van der Waals surface area contributed by atoms with Crippen LogP contribution < -0.4 is 4.90 Å². The van der Waals surface area contributed by atoms with Crippen molar-refractivity contribution < 1.29 is 18.0 Å². The van der Waals surface area contributed by atoms with Crippen LogP contribution in [0, 0.1) is 17.5 Å². The van der Waals surface area contributed by atoms with E-state index in [9.17, 15) is 18.0 Å². The highest BCUT2D eigenvalue weighted by Gasteiger charge is 2.23. The van der Waals surface area contributed by atoms with Gasteiger partial charge in [0.25, 0.3) is 5.91 Å². The zero-order valence-corrected chi connectivity index (χ0v) is 12.3. The Kier molecular flexibility index (Phi) is 4.23. The molecule has 0 saturated carbocycles. The van der Waals surface area contributed by atoms with Crippen LogP contribution in [-0.4, -0.2) is 37.0 Å². The van der Waals surface area contributed by atoms with Gasteiger partial charge in [0.1, 0.15) is 17.5 Å². The SMILES string of the molecule is O=C(c1ccc(F)cc1)N1CCN(c2ccc(F)cc2F)CC1. The van der Waals surface area contributed by atoms with Crippen LogP contribution in [0.5, 0.6) is 0 Å². The summed E-state index contributed by atoms with van der Waals surface area (Å²) in [5.74, 6) is -1.79. The van der Waals surface area contributed by atoms with E-state index in [-0.39, 0.29) is 5.91 Å². The van der Waals surface area contributed by atoms with Gasteiger partial charge >= 0.3 is 0 Å². The van der Waals surface area contributed by atoms with E-state index in [1.165, 1.54) is 36.4 Å². The summed E-state index contributed by atoms with van der Waals surface area (Å²) in [4.78, 5) is 15.8. The number of benzene rings is 2. The molecule has 0 aliphatic carbocycles. The maximum absolute atomic E-state index is 13.8. The number of halogens is 3. The Labute approximate surface area is 131 Å². The average Bonchev–Trinajstić information content (AvgIpc) is 2.55. The normalized spacial score (nSPS) is 14.9. The molecule has 1 aliphatic rings. The molecule has 3 nitrogen and oxygen atoms in total. The number of carbonyl (C=O) groups excluding carboxylic acids is 1. The molecule has 1 aliphatic heterocycles. The van der Waals surface area contributed by atoms with Crippen LogP contribution in [-0.2, 0) is 0 Å². The molecule has 0 unspecified atom stereocenters. The fourth-order valence-corrected chi connectivity index (χ4v) is 2.66. The first-order valence-electron chi connectivity index (χ1n) is 7.29. The van der Waals surface area contributed by atoms with E-state index in [1.54, 1.807) is 9.80 Å². The predicted molar refractivity (Wildman–Crippen MR) is 80.9 cm³/mol. The van der Waals surface area contributed by atoms with Gasteiger partial charge in [-0.25, -0.2) is 13.2 Å². The summed E-state index contributed by atoms with van der Waals surface area (Å²) in [7, 11) is 0. The predicted octanol–water partition coefficient (Wildman–Crippen LogP) is 3.07. The minimum absolute atomic E-state index is 0.177. The van der Waals surface area contributed by atoms with E-state index >= 15 is 0 Å². The molecule has 0 bridgehead atoms. The summed E-state index contributed by atoms with van der Waals surface area (Å²) in [5, 5.41) is 0.